The zero-order valence-electron chi connectivity index (χ0n) is 5.42. The second-order valence-electron chi connectivity index (χ2n) is 1.22. The third kappa shape index (κ3) is 17.7. The van der Waals surface area contributed by atoms with Crippen LogP contribution in [0, 0.1) is 0 Å². The van der Waals surface area contributed by atoms with Crippen LogP contribution in [0.15, 0.2) is 0 Å². The van der Waals surface area contributed by atoms with Crippen LogP contribution in [0.25, 0.3) is 0 Å². The maximum absolute atomic E-state index is 5.15. The van der Waals surface area contributed by atoms with Gasteiger partial charge >= 0.3 is 0 Å². The van der Waals surface area contributed by atoms with Crippen molar-refractivity contribution in [1.82, 2.24) is 5.32 Å². The van der Waals surface area contributed by atoms with Crippen molar-refractivity contribution >= 4 is 24.8 Å². The first-order valence-corrected chi connectivity index (χ1v) is 2.31. The van der Waals surface area contributed by atoms with Crippen molar-refractivity contribution in [3.63, 3.8) is 0 Å². The Hall–Kier alpha value is 0.460. The molecule has 3 N–H and O–H groups in total. The summed E-state index contributed by atoms with van der Waals surface area (Å²) in [4.78, 5) is 0. The van der Waals surface area contributed by atoms with Crippen LogP contribution in [0.1, 0.15) is 0 Å². The van der Waals surface area contributed by atoms with E-state index in [9.17, 15) is 0 Å². The molecule has 0 aromatic rings. The Labute approximate surface area is 68.1 Å². The first-order chi connectivity index (χ1) is 3.41. The second kappa shape index (κ2) is 15.8. The van der Waals surface area contributed by atoms with E-state index in [1.807, 2.05) is 0 Å². The predicted molar refractivity (Wildman–Crippen MR) is 43.4 cm³/mol. The van der Waals surface area contributed by atoms with Crippen LogP contribution in [0.3, 0.4) is 0 Å². The number of hydrogen-bond donors (Lipinski definition) is 2. The van der Waals surface area contributed by atoms with Gasteiger partial charge in [0.25, 0.3) is 0 Å². The van der Waals surface area contributed by atoms with Crippen molar-refractivity contribution in [3.05, 3.63) is 0 Å². The molecule has 60 valence electrons. The van der Waals surface area contributed by atoms with Crippen LogP contribution < -0.4 is 11.1 Å². The summed E-state index contributed by atoms with van der Waals surface area (Å²) in [7, 11) is 1.64. The Morgan fingerprint density at radius 2 is 2.00 bits per heavy atom. The highest BCUT2D eigenvalue weighted by Crippen LogP contribution is 1.55. The summed E-state index contributed by atoms with van der Waals surface area (Å²) in [5, 5.41) is 2.94. The largest absolute Gasteiger partial charge is 0.370 e. The minimum atomic E-state index is 0. The molecular weight excluding hydrogens is 163 g/mol. The molecule has 0 radical (unpaired) electrons. The highest BCUT2D eigenvalue weighted by molar-refractivity contribution is 5.85. The number of nitrogens with one attached hydrogen (secondary N) is 1. The number of rotatable bonds is 4. The Balaban J connectivity index is -0.000000180. The molecule has 0 saturated carbocycles. The van der Waals surface area contributed by atoms with Gasteiger partial charge in [-0.1, -0.05) is 0 Å². The third-order valence-electron chi connectivity index (χ3n) is 0.568. The number of hydrogen-bond acceptors (Lipinski definition) is 3. The molecule has 0 fully saturated rings. The summed E-state index contributed by atoms with van der Waals surface area (Å²) < 4.78 is 4.68. The molecule has 0 saturated heterocycles. The number of nitrogens with two attached hydrogens (primary N) is 1. The quantitative estimate of drug-likeness (QED) is 0.468. The van der Waals surface area contributed by atoms with E-state index in [2.05, 4.69) is 10.1 Å². The Morgan fingerprint density at radius 1 is 1.44 bits per heavy atom. The first kappa shape index (κ1) is 16.2. The zero-order valence-corrected chi connectivity index (χ0v) is 7.06. The third-order valence-corrected chi connectivity index (χ3v) is 0.568. The summed E-state index contributed by atoms with van der Waals surface area (Å²) in [5.41, 5.74) is 5.15. The van der Waals surface area contributed by atoms with Crippen molar-refractivity contribution in [2.45, 2.75) is 0 Å². The summed E-state index contributed by atoms with van der Waals surface area (Å²) in [5.74, 6) is 0. The Bertz CT molecular complexity index is 35.7. The van der Waals surface area contributed by atoms with Gasteiger partial charge in [-0.25, -0.2) is 0 Å². The molecule has 0 aliphatic heterocycles. The Kier molecular flexibility index (Phi) is 28.5. The second-order valence-corrected chi connectivity index (χ2v) is 1.22. The summed E-state index contributed by atoms with van der Waals surface area (Å²) in [6.07, 6.45) is 0. The van der Waals surface area contributed by atoms with Gasteiger partial charge in [0, 0.05) is 20.2 Å². The van der Waals surface area contributed by atoms with Crippen LogP contribution in [-0.2, 0) is 4.74 Å². The van der Waals surface area contributed by atoms with Gasteiger partial charge in [-0.2, -0.15) is 0 Å². The van der Waals surface area contributed by atoms with Crippen LogP contribution in [0.5, 0.6) is 0 Å². The molecular formula is C4H14Cl2N2O. The van der Waals surface area contributed by atoms with Crippen molar-refractivity contribution in [2.75, 3.05) is 26.9 Å². The van der Waals surface area contributed by atoms with Gasteiger partial charge in [-0.3, -0.25) is 5.32 Å². The molecule has 9 heavy (non-hydrogen) atoms. The lowest BCUT2D eigenvalue weighted by atomic mass is 10.7. The number of halogens is 2. The highest BCUT2D eigenvalue weighted by Gasteiger charge is 1.75. The number of ether oxygens (including phenoxy) is 1. The van der Waals surface area contributed by atoms with Crippen LogP contribution >= 0.6 is 24.8 Å². The van der Waals surface area contributed by atoms with E-state index in [0.29, 0.717) is 13.3 Å². The van der Waals surface area contributed by atoms with Gasteiger partial charge in [0.2, 0.25) is 0 Å². The van der Waals surface area contributed by atoms with Crippen LogP contribution in [0.4, 0.5) is 0 Å². The van der Waals surface area contributed by atoms with Gasteiger partial charge in [-0.15, -0.1) is 24.8 Å². The maximum atomic E-state index is 5.15. The van der Waals surface area contributed by atoms with E-state index in [1.165, 1.54) is 0 Å². The van der Waals surface area contributed by atoms with Gasteiger partial charge < -0.3 is 10.5 Å². The molecule has 0 aromatic carbocycles. The van der Waals surface area contributed by atoms with Crippen LogP contribution in [0.2, 0.25) is 0 Å². The molecule has 0 aliphatic carbocycles. The molecule has 5 heteroatoms. The van der Waals surface area contributed by atoms with E-state index in [0.717, 1.165) is 6.54 Å². The fourth-order valence-corrected chi connectivity index (χ4v) is 0.276. The smallest absolute Gasteiger partial charge is 0.0961 e. The average Bonchev–Trinajstić information content (AvgIpc) is 1.69. The molecule has 0 amide bonds. The van der Waals surface area contributed by atoms with Crippen molar-refractivity contribution in [1.29, 1.82) is 0 Å². The van der Waals surface area contributed by atoms with E-state index in [-0.39, 0.29) is 24.8 Å². The van der Waals surface area contributed by atoms with Crippen molar-refractivity contribution in [2.24, 2.45) is 5.73 Å². The SMILES string of the molecule is COCNCCN.Cl.Cl. The fraction of sp³-hybridized carbons (Fsp3) is 1.00. The molecule has 0 atom stereocenters. The zero-order chi connectivity index (χ0) is 5.54. The Morgan fingerprint density at radius 3 is 2.33 bits per heavy atom. The van der Waals surface area contributed by atoms with E-state index in [1.54, 1.807) is 7.11 Å². The van der Waals surface area contributed by atoms with Gasteiger partial charge in [0.05, 0.1) is 6.73 Å². The highest BCUT2D eigenvalue weighted by atomic mass is 35.5. The molecule has 3 nitrogen and oxygen atoms in total. The lowest BCUT2D eigenvalue weighted by molar-refractivity contribution is 0.177. The lowest BCUT2D eigenvalue weighted by Crippen LogP contribution is -2.23. The molecule has 0 aromatic heterocycles. The van der Waals surface area contributed by atoms with E-state index < -0.39 is 0 Å². The molecule has 0 spiro atoms. The van der Waals surface area contributed by atoms with Gasteiger partial charge in [0.15, 0.2) is 0 Å². The molecule has 0 heterocycles. The van der Waals surface area contributed by atoms with Crippen LogP contribution in [-0.4, -0.2) is 26.9 Å². The molecule has 0 unspecified atom stereocenters. The summed E-state index contributed by atoms with van der Waals surface area (Å²) in [6.45, 7) is 2.09. The number of methoxy groups -OCH3 is 1. The topological polar surface area (TPSA) is 47.3 Å². The normalized spacial score (nSPS) is 7.33. The monoisotopic (exact) mass is 176 g/mol. The summed E-state index contributed by atoms with van der Waals surface area (Å²) in [6, 6.07) is 0. The minimum Gasteiger partial charge on any atom is -0.370 e. The predicted octanol–water partition coefficient (Wildman–Crippen LogP) is -0.0178. The minimum absolute atomic E-state index is 0. The fourth-order valence-electron chi connectivity index (χ4n) is 0.276. The van der Waals surface area contributed by atoms with Gasteiger partial charge in [0.1, 0.15) is 0 Å². The lowest BCUT2D eigenvalue weighted by Gasteiger charge is -1.97. The average molecular weight is 177 g/mol. The van der Waals surface area contributed by atoms with E-state index >= 15 is 0 Å². The molecule has 0 rings (SSSR count). The summed E-state index contributed by atoms with van der Waals surface area (Å²) >= 11 is 0. The molecule has 0 aliphatic rings. The van der Waals surface area contributed by atoms with Gasteiger partial charge in [-0.05, 0) is 0 Å². The molecule has 0 bridgehead atoms. The van der Waals surface area contributed by atoms with E-state index in [4.69, 9.17) is 5.73 Å². The standard InChI is InChI=1S/C4H12N2O.2ClH/c1-7-4-6-3-2-5;;/h6H,2-5H2,1H3;2*1H. The van der Waals surface area contributed by atoms with Crippen molar-refractivity contribution in [3.8, 4) is 0 Å². The maximum Gasteiger partial charge on any atom is 0.0961 e. The van der Waals surface area contributed by atoms with Crippen molar-refractivity contribution < 1.29 is 4.74 Å². The first-order valence-electron chi connectivity index (χ1n) is 2.31.